The van der Waals surface area contributed by atoms with E-state index < -0.39 is 17.9 Å². The quantitative estimate of drug-likeness (QED) is 0.757. The standard InChI is InChI=1S/C17H15F4N3O3/c18-12-8-22-16(23-9-12)26-14-2-1-7-24(10-14)15(25)11-3-5-13(6-4-11)27-17(19,20)21/h3-6,8-9,14H,1-2,7,10H2. The number of alkyl halides is 3. The van der Waals surface area contributed by atoms with E-state index in [1.807, 2.05) is 0 Å². The average molecular weight is 385 g/mol. The number of likely N-dealkylation sites (tertiary alicyclic amines) is 1. The van der Waals surface area contributed by atoms with E-state index in [-0.39, 0.29) is 30.1 Å². The first-order valence-corrected chi connectivity index (χ1v) is 8.09. The summed E-state index contributed by atoms with van der Waals surface area (Å²) in [4.78, 5) is 21.5. The molecule has 27 heavy (non-hydrogen) atoms. The van der Waals surface area contributed by atoms with Gasteiger partial charge in [-0.15, -0.1) is 13.2 Å². The Kier molecular flexibility index (Phi) is 5.43. The Morgan fingerprint density at radius 2 is 1.81 bits per heavy atom. The fraction of sp³-hybridized carbons (Fsp3) is 0.353. The number of ether oxygens (including phenoxy) is 2. The van der Waals surface area contributed by atoms with Gasteiger partial charge in [-0.1, -0.05) is 0 Å². The number of rotatable bonds is 4. The second-order valence-electron chi connectivity index (χ2n) is 5.89. The van der Waals surface area contributed by atoms with E-state index in [0.717, 1.165) is 24.5 Å². The molecule has 0 bridgehead atoms. The molecular weight excluding hydrogens is 370 g/mol. The van der Waals surface area contributed by atoms with Crippen molar-refractivity contribution in [3.8, 4) is 11.8 Å². The Bertz CT molecular complexity index is 782. The highest BCUT2D eigenvalue weighted by Gasteiger charge is 2.31. The van der Waals surface area contributed by atoms with Crippen LogP contribution in [0.2, 0.25) is 0 Å². The lowest BCUT2D eigenvalue weighted by Gasteiger charge is -2.32. The number of amides is 1. The Balaban J connectivity index is 1.61. The molecular formula is C17H15F4N3O3. The second kappa shape index (κ2) is 7.77. The van der Waals surface area contributed by atoms with Gasteiger partial charge in [-0.05, 0) is 37.1 Å². The minimum Gasteiger partial charge on any atom is -0.458 e. The highest BCUT2D eigenvalue weighted by Crippen LogP contribution is 2.24. The molecule has 1 amide bonds. The Morgan fingerprint density at radius 1 is 1.15 bits per heavy atom. The summed E-state index contributed by atoms with van der Waals surface area (Å²) in [5.74, 6) is -1.31. The van der Waals surface area contributed by atoms with Crippen molar-refractivity contribution < 1.29 is 31.8 Å². The van der Waals surface area contributed by atoms with Crippen molar-refractivity contribution in [1.29, 1.82) is 0 Å². The van der Waals surface area contributed by atoms with Gasteiger partial charge in [-0.25, -0.2) is 14.4 Å². The summed E-state index contributed by atoms with van der Waals surface area (Å²) in [6, 6.07) is 4.74. The molecule has 1 fully saturated rings. The van der Waals surface area contributed by atoms with Gasteiger partial charge in [0.05, 0.1) is 18.9 Å². The molecule has 10 heteroatoms. The molecule has 1 atom stereocenters. The summed E-state index contributed by atoms with van der Waals surface area (Å²) in [7, 11) is 0. The maximum atomic E-state index is 12.8. The minimum absolute atomic E-state index is 0.0179. The summed E-state index contributed by atoms with van der Waals surface area (Å²) in [6.07, 6.45) is -1.83. The molecule has 1 aromatic heterocycles. The smallest absolute Gasteiger partial charge is 0.458 e. The van der Waals surface area contributed by atoms with Crippen molar-refractivity contribution in [2.45, 2.75) is 25.3 Å². The van der Waals surface area contributed by atoms with E-state index >= 15 is 0 Å². The van der Waals surface area contributed by atoms with E-state index in [1.54, 1.807) is 0 Å². The molecule has 0 radical (unpaired) electrons. The first-order valence-electron chi connectivity index (χ1n) is 8.09. The van der Waals surface area contributed by atoms with E-state index in [2.05, 4.69) is 14.7 Å². The van der Waals surface area contributed by atoms with Gasteiger partial charge in [0.15, 0.2) is 5.82 Å². The van der Waals surface area contributed by atoms with E-state index in [9.17, 15) is 22.4 Å². The van der Waals surface area contributed by atoms with Crippen molar-refractivity contribution in [3.05, 3.63) is 48.0 Å². The number of piperidine rings is 1. The number of hydrogen-bond donors (Lipinski definition) is 0. The van der Waals surface area contributed by atoms with Gasteiger partial charge < -0.3 is 14.4 Å². The van der Waals surface area contributed by atoms with Crippen molar-refractivity contribution in [1.82, 2.24) is 14.9 Å². The third-order valence-corrected chi connectivity index (χ3v) is 3.87. The van der Waals surface area contributed by atoms with Crippen molar-refractivity contribution in [2.75, 3.05) is 13.1 Å². The molecule has 0 N–H and O–H groups in total. The minimum atomic E-state index is -4.79. The molecule has 2 heterocycles. The third kappa shape index (κ3) is 5.28. The Labute approximate surface area is 151 Å². The summed E-state index contributed by atoms with van der Waals surface area (Å²) in [6.45, 7) is 0.754. The van der Waals surface area contributed by atoms with Gasteiger partial charge in [0.25, 0.3) is 5.91 Å². The largest absolute Gasteiger partial charge is 0.573 e. The van der Waals surface area contributed by atoms with Crippen LogP contribution in [0.5, 0.6) is 11.8 Å². The highest BCUT2D eigenvalue weighted by atomic mass is 19.4. The van der Waals surface area contributed by atoms with Crippen LogP contribution in [-0.4, -0.2) is 46.3 Å². The molecule has 1 unspecified atom stereocenters. The van der Waals surface area contributed by atoms with Gasteiger partial charge in [0.1, 0.15) is 11.9 Å². The first kappa shape index (κ1) is 18.9. The van der Waals surface area contributed by atoms with Crippen molar-refractivity contribution >= 4 is 5.91 Å². The van der Waals surface area contributed by atoms with Gasteiger partial charge in [0.2, 0.25) is 0 Å². The number of nitrogens with zero attached hydrogens (tertiary/aromatic N) is 3. The fourth-order valence-electron chi connectivity index (χ4n) is 2.71. The van der Waals surface area contributed by atoms with Crippen LogP contribution in [0.15, 0.2) is 36.7 Å². The normalized spacial score (nSPS) is 17.5. The van der Waals surface area contributed by atoms with E-state index in [0.29, 0.717) is 19.4 Å². The number of carbonyl (C=O) groups is 1. The molecule has 2 aromatic rings. The second-order valence-corrected chi connectivity index (χ2v) is 5.89. The third-order valence-electron chi connectivity index (χ3n) is 3.87. The molecule has 0 saturated carbocycles. The lowest BCUT2D eigenvalue weighted by Crippen LogP contribution is -2.44. The van der Waals surface area contributed by atoms with E-state index in [1.165, 1.54) is 17.0 Å². The first-order chi connectivity index (χ1) is 12.8. The number of benzene rings is 1. The van der Waals surface area contributed by atoms with Crippen LogP contribution < -0.4 is 9.47 Å². The van der Waals surface area contributed by atoms with Crippen LogP contribution >= 0.6 is 0 Å². The summed E-state index contributed by atoms with van der Waals surface area (Å²) in [5, 5.41) is 0. The number of carbonyl (C=O) groups excluding carboxylic acids is 1. The number of aromatic nitrogens is 2. The van der Waals surface area contributed by atoms with E-state index in [4.69, 9.17) is 4.74 Å². The Morgan fingerprint density at radius 3 is 2.44 bits per heavy atom. The maximum absolute atomic E-state index is 12.8. The average Bonchev–Trinajstić information content (AvgIpc) is 2.63. The van der Waals surface area contributed by atoms with Crippen LogP contribution in [0.4, 0.5) is 17.6 Å². The zero-order chi connectivity index (χ0) is 19.4. The SMILES string of the molecule is O=C(c1ccc(OC(F)(F)F)cc1)N1CCCC(Oc2ncc(F)cn2)C1. The monoisotopic (exact) mass is 385 g/mol. The molecule has 1 aromatic carbocycles. The molecule has 1 aliphatic rings. The number of halogens is 4. The van der Waals surface area contributed by atoms with Gasteiger partial charge >= 0.3 is 12.4 Å². The van der Waals surface area contributed by atoms with Crippen LogP contribution in [-0.2, 0) is 0 Å². The lowest BCUT2D eigenvalue weighted by atomic mass is 10.1. The zero-order valence-electron chi connectivity index (χ0n) is 13.9. The predicted octanol–water partition coefficient (Wildman–Crippen LogP) is 3.20. The summed E-state index contributed by atoms with van der Waals surface area (Å²) < 4.78 is 58.8. The summed E-state index contributed by atoms with van der Waals surface area (Å²) >= 11 is 0. The highest BCUT2D eigenvalue weighted by molar-refractivity contribution is 5.94. The fourth-order valence-corrected chi connectivity index (χ4v) is 2.71. The van der Waals surface area contributed by atoms with Crippen molar-refractivity contribution in [3.63, 3.8) is 0 Å². The molecule has 3 rings (SSSR count). The molecule has 0 aliphatic carbocycles. The van der Waals surface area contributed by atoms with Crippen LogP contribution in [0.1, 0.15) is 23.2 Å². The zero-order valence-corrected chi connectivity index (χ0v) is 13.9. The molecule has 144 valence electrons. The number of hydrogen-bond acceptors (Lipinski definition) is 5. The molecule has 6 nitrogen and oxygen atoms in total. The van der Waals surface area contributed by atoms with Gasteiger partial charge in [0, 0.05) is 12.1 Å². The molecule has 1 aliphatic heterocycles. The summed E-state index contributed by atoms with van der Waals surface area (Å²) in [5.41, 5.74) is 0.239. The van der Waals surface area contributed by atoms with Crippen LogP contribution in [0.25, 0.3) is 0 Å². The van der Waals surface area contributed by atoms with Gasteiger partial charge in [-0.3, -0.25) is 4.79 Å². The topological polar surface area (TPSA) is 64.5 Å². The molecule has 0 spiro atoms. The maximum Gasteiger partial charge on any atom is 0.573 e. The van der Waals surface area contributed by atoms with Crippen molar-refractivity contribution in [2.24, 2.45) is 0 Å². The van der Waals surface area contributed by atoms with Gasteiger partial charge in [-0.2, -0.15) is 0 Å². The molecule has 1 saturated heterocycles. The Hall–Kier alpha value is -2.91. The van der Waals surface area contributed by atoms with Crippen LogP contribution in [0, 0.1) is 5.82 Å². The predicted molar refractivity (Wildman–Crippen MR) is 84.7 cm³/mol. The van der Waals surface area contributed by atoms with Crippen LogP contribution in [0.3, 0.4) is 0 Å². The lowest BCUT2D eigenvalue weighted by molar-refractivity contribution is -0.274.